The number of rotatable bonds is 1. The van der Waals surface area contributed by atoms with Crippen molar-refractivity contribution in [3.8, 4) is 0 Å². The first-order valence-electron chi connectivity index (χ1n) is 5.69. The van der Waals surface area contributed by atoms with Crippen LogP contribution in [0.5, 0.6) is 0 Å². The molecule has 5 nitrogen and oxygen atoms in total. The number of piperidine rings is 1. The van der Waals surface area contributed by atoms with Gasteiger partial charge in [-0.1, -0.05) is 0 Å². The first kappa shape index (κ1) is 12.2. The fourth-order valence-corrected chi connectivity index (χ4v) is 3.31. The fourth-order valence-electron chi connectivity index (χ4n) is 2.20. The molecule has 0 saturated carbocycles. The predicted octanol–water partition coefficient (Wildman–Crippen LogP) is 1.47. The molecule has 1 aliphatic rings. The van der Waals surface area contributed by atoms with Crippen molar-refractivity contribution in [2.75, 3.05) is 20.1 Å². The summed E-state index contributed by atoms with van der Waals surface area (Å²) in [5.41, 5.74) is 0. The molecule has 1 N–H and O–H groups in total. The standard InChI is InChI=1S/C11H17N3O2S/c1-12-10-13(2)7-9(17-10)8-3-5-14(6-4-8)11(15)16/h7-8H,3-6H2,1-2H3,(H,15,16)/b12-10-. The van der Waals surface area contributed by atoms with Gasteiger partial charge >= 0.3 is 6.09 Å². The van der Waals surface area contributed by atoms with E-state index in [1.807, 2.05) is 11.6 Å². The molecule has 0 bridgehead atoms. The number of nitrogens with zero attached hydrogens (tertiary/aromatic N) is 3. The highest BCUT2D eigenvalue weighted by Gasteiger charge is 2.24. The number of carbonyl (C=O) groups is 1. The van der Waals surface area contributed by atoms with Gasteiger partial charge in [-0.15, -0.1) is 11.3 Å². The van der Waals surface area contributed by atoms with Gasteiger partial charge in [0.25, 0.3) is 0 Å². The Balaban J connectivity index is 2.08. The van der Waals surface area contributed by atoms with E-state index in [1.165, 1.54) is 9.78 Å². The third-order valence-corrected chi connectivity index (χ3v) is 4.52. The molecule has 0 unspecified atom stereocenters. The summed E-state index contributed by atoms with van der Waals surface area (Å²) in [6.07, 6.45) is 3.14. The van der Waals surface area contributed by atoms with Crippen molar-refractivity contribution < 1.29 is 9.90 Å². The summed E-state index contributed by atoms with van der Waals surface area (Å²) < 4.78 is 2.03. The number of hydrogen-bond donors (Lipinski definition) is 1. The third-order valence-electron chi connectivity index (χ3n) is 3.19. The van der Waals surface area contributed by atoms with E-state index in [-0.39, 0.29) is 0 Å². The maximum absolute atomic E-state index is 10.8. The van der Waals surface area contributed by atoms with Crippen LogP contribution in [0.4, 0.5) is 4.79 Å². The molecule has 0 aromatic carbocycles. The minimum atomic E-state index is -0.801. The van der Waals surface area contributed by atoms with Gasteiger partial charge < -0.3 is 14.6 Å². The first-order valence-corrected chi connectivity index (χ1v) is 6.50. The highest BCUT2D eigenvalue weighted by atomic mass is 32.1. The minimum absolute atomic E-state index is 0.484. The second kappa shape index (κ2) is 4.91. The normalized spacial score (nSPS) is 18.7. The number of amides is 1. The van der Waals surface area contributed by atoms with Gasteiger partial charge in [-0.25, -0.2) is 4.79 Å². The summed E-state index contributed by atoms with van der Waals surface area (Å²) in [7, 11) is 3.79. The zero-order chi connectivity index (χ0) is 12.4. The number of aryl methyl sites for hydroxylation is 1. The molecule has 1 aliphatic heterocycles. The molecule has 1 saturated heterocycles. The lowest BCUT2D eigenvalue weighted by molar-refractivity contribution is 0.132. The third kappa shape index (κ3) is 2.52. The Hall–Kier alpha value is -1.30. The number of likely N-dealkylation sites (tertiary alicyclic amines) is 1. The minimum Gasteiger partial charge on any atom is -0.465 e. The molecule has 2 rings (SSSR count). The van der Waals surface area contributed by atoms with Crippen molar-refractivity contribution in [2.24, 2.45) is 12.0 Å². The summed E-state index contributed by atoms with van der Waals surface area (Å²) in [5.74, 6) is 0.484. The van der Waals surface area contributed by atoms with Crippen LogP contribution in [-0.4, -0.2) is 40.8 Å². The molecule has 1 aromatic rings. The molecule has 0 radical (unpaired) electrons. The smallest absolute Gasteiger partial charge is 0.407 e. The van der Waals surface area contributed by atoms with Crippen LogP contribution in [0.15, 0.2) is 11.2 Å². The second-order valence-electron chi connectivity index (χ2n) is 4.29. The maximum atomic E-state index is 10.8. The molecule has 0 aliphatic carbocycles. The average Bonchev–Trinajstić information content (AvgIpc) is 2.70. The molecule has 0 atom stereocenters. The molecule has 6 heteroatoms. The molecular formula is C11H17N3O2S. The van der Waals surface area contributed by atoms with Crippen molar-refractivity contribution >= 4 is 17.4 Å². The lowest BCUT2D eigenvalue weighted by Crippen LogP contribution is -2.36. The Labute approximate surface area is 104 Å². The summed E-state index contributed by atoms with van der Waals surface area (Å²) in [4.78, 5) is 18.8. The van der Waals surface area contributed by atoms with E-state index in [4.69, 9.17) is 5.11 Å². The van der Waals surface area contributed by atoms with Gasteiger partial charge in [0, 0.05) is 38.3 Å². The molecule has 1 aromatic heterocycles. The quantitative estimate of drug-likeness (QED) is 0.826. The SMILES string of the molecule is C/N=c1\sc(C2CCN(C(=O)O)CC2)cn1C. The van der Waals surface area contributed by atoms with Gasteiger partial charge in [-0.2, -0.15) is 0 Å². The van der Waals surface area contributed by atoms with Gasteiger partial charge in [0.1, 0.15) is 0 Å². The lowest BCUT2D eigenvalue weighted by atomic mass is 9.96. The van der Waals surface area contributed by atoms with E-state index in [9.17, 15) is 4.79 Å². The van der Waals surface area contributed by atoms with Crippen LogP contribution in [0.3, 0.4) is 0 Å². The molecule has 0 spiro atoms. The van der Waals surface area contributed by atoms with E-state index < -0.39 is 6.09 Å². The maximum Gasteiger partial charge on any atom is 0.407 e. The predicted molar refractivity (Wildman–Crippen MR) is 66.3 cm³/mol. The van der Waals surface area contributed by atoms with E-state index >= 15 is 0 Å². The summed E-state index contributed by atoms with van der Waals surface area (Å²) in [6.45, 7) is 1.28. The van der Waals surface area contributed by atoms with Crippen LogP contribution in [0, 0.1) is 0 Å². The Morgan fingerprint density at radius 1 is 1.53 bits per heavy atom. The Morgan fingerprint density at radius 3 is 2.65 bits per heavy atom. The zero-order valence-corrected chi connectivity index (χ0v) is 10.9. The van der Waals surface area contributed by atoms with Gasteiger partial charge in [-0.3, -0.25) is 4.99 Å². The van der Waals surface area contributed by atoms with Crippen LogP contribution in [0.1, 0.15) is 23.6 Å². The lowest BCUT2D eigenvalue weighted by Gasteiger charge is -2.29. The topological polar surface area (TPSA) is 57.8 Å². The monoisotopic (exact) mass is 255 g/mol. The van der Waals surface area contributed by atoms with Crippen LogP contribution < -0.4 is 4.80 Å². The molecule has 1 amide bonds. The van der Waals surface area contributed by atoms with Crippen molar-refractivity contribution in [1.82, 2.24) is 9.47 Å². The number of aromatic nitrogens is 1. The summed E-state index contributed by atoms with van der Waals surface area (Å²) in [6, 6.07) is 0. The molecular weight excluding hydrogens is 238 g/mol. The molecule has 94 valence electrons. The van der Waals surface area contributed by atoms with Crippen LogP contribution in [0.25, 0.3) is 0 Å². The second-order valence-corrected chi connectivity index (χ2v) is 5.34. The Bertz CT molecular complexity index is 469. The Morgan fingerprint density at radius 2 is 2.18 bits per heavy atom. The number of hydrogen-bond acceptors (Lipinski definition) is 3. The van der Waals surface area contributed by atoms with Gasteiger partial charge in [-0.05, 0) is 18.8 Å². The van der Waals surface area contributed by atoms with Crippen molar-refractivity contribution in [1.29, 1.82) is 0 Å². The summed E-state index contributed by atoms with van der Waals surface area (Å²) in [5, 5.41) is 8.89. The Kier molecular flexibility index (Phi) is 3.51. The van der Waals surface area contributed by atoms with E-state index in [0.717, 1.165) is 17.6 Å². The van der Waals surface area contributed by atoms with E-state index in [2.05, 4.69) is 11.2 Å². The number of thiazole rings is 1. The zero-order valence-electron chi connectivity index (χ0n) is 10.1. The van der Waals surface area contributed by atoms with Gasteiger partial charge in [0.05, 0.1) is 0 Å². The fraction of sp³-hybridized carbons (Fsp3) is 0.636. The van der Waals surface area contributed by atoms with Crippen molar-refractivity contribution in [3.05, 3.63) is 15.9 Å². The van der Waals surface area contributed by atoms with Crippen LogP contribution >= 0.6 is 11.3 Å². The largest absolute Gasteiger partial charge is 0.465 e. The highest BCUT2D eigenvalue weighted by molar-refractivity contribution is 7.09. The number of carboxylic acid groups (broad SMARTS) is 1. The molecule has 1 fully saturated rings. The van der Waals surface area contributed by atoms with Crippen LogP contribution in [-0.2, 0) is 7.05 Å². The van der Waals surface area contributed by atoms with Crippen molar-refractivity contribution in [2.45, 2.75) is 18.8 Å². The average molecular weight is 255 g/mol. The van der Waals surface area contributed by atoms with Crippen molar-refractivity contribution in [3.63, 3.8) is 0 Å². The van der Waals surface area contributed by atoms with Crippen LogP contribution in [0.2, 0.25) is 0 Å². The highest BCUT2D eigenvalue weighted by Crippen LogP contribution is 2.29. The molecule has 2 heterocycles. The van der Waals surface area contributed by atoms with E-state index in [1.54, 1.807) is 18.4 Å². The molecule has 17 heavy (non-hydrogen) atoms. The van der Waals surface area contributed by atoms with E-state index in [0.29, 0.717) is 19.0 Å². The summed E-state index contributed by atoms with van der Waals surface area (Å²) >= 11 is 1.71. The van der Waals surface area contributed by atoms with Gasteiger partial charge in [0.15, 0.2) is 4.80 Å². The van der Waals surface area contributed by atoms with Gasteiger partial charge in [0.2, 0.25) is 0 Å². The first-order chi connectivity index (χ1) is 8.11.